The van der Waals surface area contributed by atoms with E-state index in [2.05, 4.69) is 63.0 Å². The summed E-state index contributed by atoms with van der Waals surface area (Å²) in [5.74, 6) is 0.439. The van der Waals surface area contributed by atoms with Gasteiger partial charge in [0.05, 0.1) is 7.11 Å². The summed E-state index contributed by atoms with van der Waals surface area (Å²) in [4.78, 5) is 18.6. The van der Waals surface area contributed by atoms with E-state index in [1.807, 2.05) is 18.2 Å². The van der Waals surface area contributed by atoms with Crippen molar-refractivity contribution < 1.29 is 9.63 Å². The van der Waals surface area contributed by atoms with Crippen molar-refractivity contribution in [2.75, 3.05) is 20.2 Å². The average molecular weight is 406 g/mol. The maximum atomic E-state index is 11.5. The van der Waals surface area contributed by atoms with E-state index in [9.17, 15) is 4.79 Å². The second-order valence-electron chi connectivity index (χ2n) is 8.33. The molecule has 0 aromatic heterocycles. The largest absolute Gasteiger partial charge is 0.311 e. The van der Waals surface area contributed by atoms with E-state index in [1.54, 1.807) is 0 Å². The zero-order valence-electron chi connectivity index (χ0n) is 17.6. The van der Waals surface area contributed by atoms with Crippen LogP contribution >= 0.6 is 0 Å². The molecule has 1 aliphatic heterocycles. The summed E-state index contributed by atoms with van der Waals surface area (Å²) in [7, 11) is 1.43. The van der Waals surface area contributed by atoms with Crippen LogP contribution in [-0.2, 0) is 16.2 Å². The molecule has 1 amide bonds. The SMILES string of the molecule is CONC(=O)/C=C/c1cccc(CN2CCC(N[C@@H]3C[C@H]3c3ccccc3)CC2)c1. The van der Waals surface area contributed by atoms with Gasteiger partial charge in [-0.2, -0.15) is 0 Å². The van der Waals surface area contributed by atoms with Crippen LogP contribution in [0.25, 0.3) is 6.08 Å². The molecule has 0 bridgehead atoms. The quantitative estimate of drug-likeness (QED) is 0.522. The van der Waals surface area contributed by atoms with Crippen LogP contribution in [0.3, 0.4) is 0 Å². The predicted molar refractivity (Wildman–Crippen MR) is 120 cm³/mol. The molecule has 2 aliphatic rings. The third kappa shape index (κ3) is 5.79. The minimum Gasteiger partial charge on any atom is -0.311 e. The van der Waals surface area contributed by atoms with Crippen LogP contribution in [0.4, 0.5) is 0 Å². The molecule has 2 N–H and O–H groups in total. The number of benzene rings is 2. The van der Waals surface area contributed by atoms with Crippen LogP contribution in [0.1, 0.15) is 41.9 Å². The molecule has 4 rings (SSSR count). The highest BCUT2D eigenvalue weighted by Crippen LogP contribution is 2.41. The fourth-order valence-electron chi connectivity index (χ4n) is 4.37. The van der Waals surface area contributed by atoms with Crippen molar-refractivity contribution in [1.29, 1.82) is 0 Å². The fourth-order valence-corrected chi connectivity index (χ4v) is 4.37. The number of likely N-dealkylation sites (tertiary alicyclic amines) is 1. The van der Waals surface area contributed by atoms with Gasteiger partial charge in [-0.1, -0.05) is 54.6 Å². The molecule has 1 heterocycles. The Labute approximate surface area is 179 Å². The maximum absolute atomic E-state index is 11.5. The van der Waals surface area contributed by atoms with E-state index in [0.717, 1.165) is 25.2 Å². The van der Waals surface area contributed by atoms with Gasteiger partial charge in [0, 0.05) is 30.6 Å². The Bertz CT molecular complexity index is 860. The predicted octanol–water partition coefficient (Wildman–Crippen LogP) is 3.49. The summed E-state index contributed by atoms with van der Waals surface area (Å²) in [6.07, 6.45) is 6.98. The molecule has 5 heteroatoms. The molecule has 0 radical (unpaired) electrons. The van der Waals surface area contributed by atoms with Gasteiger partial charge in [0.15, 0.2) is 0 Å². The number of carbonyl (C=O) groups is 1. The summed E-state index contributed by atoms with van der Waals surface area (Å²) < 4.78 is 0. The number of nitrogens with zero attached hydrogens (tertiary/aromatic N) is 1. The number of piperidine rings is 1. The second-order valence-corrected chi connectivity index (χ2v) is 8.33. The molecule has 1 aliphatic carbocycles. The first-order valence-electron chi connectivity index (χ1n) is 10.8. The van der Waals surface area contributed by atoms with Crippen LogP contribution in [0, 0.1) is 0 Å². The molecule has 5 nitrogen and oxygen atoms in total. The van der Waals surface area contributed by atoms with E-state index in [4.69, 9.17) is 0 Å². The van der Waals surface area contributed by atoms with Gasteiger partial charge >= 0.3 is 0 Å². The lowest BCUT2D eigenvalue weighted by Crippen LogP contribution is -2.43. The lowest BCUT2D eigenvalue weighted by molar-refractivity contribution is -0.126. The number of hydrogen-bond acceptors (Lipinski definition) is 4. The highest BCUT2D eigenvalue weighted by atomic mass is 16.6. The highest BCUT2D eigenvalue weighted by Gasteiger charge is 2.39. The summed E-state index contributed by atoms with van der Waals surface area (Å²) in [5, 5.41) is 3.89. The molecular formula is C25H31N3O2. The summed E-state index contributed by atoms with van der Waals surface area (Å²) in [6, 6.07) is 20.5. The van der Waals surface area contributed by atoms with Gasteiger partial charge < -0.3 is 5.32 Å². The number of hydroxylamine groups is 1. The van der Waals surface area contributed by atoms with Crippen molar-refractivity contribution >= 4 is 12.0 Å². The second kappa shape index (κ2) is 10.0. The van der Waals surface area contributed by atoms with Gasteiger partial charge in [-0.25, -0.2) is 5.48 Å². The Morgan fingerprint density at radius 2 is 1.93 bits per heavy atom. The van der Waals surface area contributed by atoms with Crippen molar-refractivity contribution in [2.24, 2.45) is 0 Å². The van der Waals surface area contributed by atoms with Crippen molar-refractivity contribution in [1.82, 2.24) is 15.7 Å². The molecule has 2 fully saturated rings. The van der Waals surface area contributed by atoms with Gasteiger partial charge in [-0.3, -0.25) is 14.5 Å². The van der Waals surface area contributed by atoms with Crippen molar-refractivity contribution in [3.05, 3.63) is 77.4 Å². The minimum absolute atomic E-state index is 0.261. The van der Waals surface area contributed by atoms with Gasteiger partial charge in [0.1, 0.15) is 0 Å². The van der Waals surface area contributed by atoms with Crippen molar-refractivity contribution in [3.63, 3.8) is 0 Å². The Kier molecular flexibility index (Phi) is 6.95. The smallest absolute Gasteiger partial charge is 0.267 e. The lowest BCUT2D eigenvalue weighted by Gasteiger charge is -2.32. The van der Waals surface area contributed by atoms with Gasteiger partial charge in [-0.05, 0) is 55.1 Å². The molecule has 2 atom stereocenters. The number of carbonyl (C=O) groups excluding carboxylic acids is 1. The van der Waals surface area contributed by atoms with Crippen LogP contribution in [0.2, 0.25) is 0 Å². The van der Waals surface area contributed by atoms with Crippen LogP contribution in [0.15, 0.2) is 60.7 Å². The van der Waals surface area contributed by atoms with E-state index < -0.39 is 0 Å². The summed E-state index contributed by atoms with van der Waals surface area (Å²) in [5.41, 5.74) is 6.07. The Hall–Kier alpha value is -2.47. The van der Waals surface area contributed by atoms with Crippen molar-refractivity contribution in [2.45, 2.75) is 43.8 Å². The first-order valence-corrected chi connectivity index (χ1v) is 10.8. The minimum atomic E-state index is -0.261. The van der Waals surface area contributed by atoms with Crippen molar-refractivity contribution in [3.8, 4) is 0 Å². The molecule has 2 aromatic rings. The number of rotatable bonds is 8. The Morgan fingerprint density at radius 3 is 2.70 bits per heavy atom. The molecule has 1 saturated carbocycles. The number of hydrogen-bond donors (Lipinski definition) is 2. The zero-order chi connectivity index (χ0) is 20.8. The third-order valence-electron chi connectivity index (χ3n) is 6.04. The molecule has 1 saturated heterocycles. The average Bonchev–Trinajstić information content (AvgIpc) is 3.54. The molecule has 2 aromatic carbocycles. The zero-order valence-corrected chi connectivity index (χ0v) is 17.6. The van der Waals surface area contributed by atoms with E-state index in [-0.39, 0.29) is 5.91 Å². The molecule has 0 spiro atoms. The fraction of sp³-hybridized carbons (Fsp3) is 0.400. The number of amides is 1. The number of nitrogens with one attached hydrogen (secondary N) is 2. The van der Waals surface area contributed by atoms with E-state index in [0.29, 0.717) is 18.0 Å². The van der Waals surface area contributed by atoms with Gasteiger partial charge in [0.25, 0.3) is 5.91 Å². The van der Waals surface area contributed by atoms with Gasteiger partial charge in [0.2, 0.25) is 0 Å². The monoisotopic (exact) mass is 405 g/mol. The first kappa shape index (κ1) is 20.8. The highest BCUT2D eigenvalue weighted by molar-refractivity contribution is 5.90. The summed E-state index contributed by atoms with van der Waals surface area (Å²) >= 11 is 0. The molecule has 158 valence electrons. The third-order valence-corrected chi connectivity index (χ3v) is 6.04. The molecular weight excluding hydrogens is 374 g/mol. The maximum Gasteiger partial charge on any atom is 0.267 e. The van der Waals surface area contributed by atoms with E-state index in [1.165, 1.54) is 43.6 Å². The first-order chi connectivity index (χ1) is 14.7. The van der Waals surface area contributed by atoms with Crippen LogP contribution in [-0.4, -0.2) is 43.1 Å². The van der Waals surface area contributed by atoms with Crippen LogP contribution < -0.4 is 10.8 Å². The normalized spacial score (nSPS) is 22.3. The topological polar surface area (TPSA) is 53.6 Å². The molecule has 30 heavy (non-hydrogen) atoms. The Morgan fingerprint density at radius 1 is 1.13 bits per heavy atom. The standard InChI is InChI=1S/C25H31N3O2/c1-30-27-25(29)11-10-19-6-5-7-20(16-19)18-28-14-12-22(13-15-28)26-24-17-23(24)21-8-3-2-4-9-21/h2-11,16,22-24,26H,12-15,17-18H2,1H3,(H,27,29)/b11-10+/t23-,24+/m0/s1. The van der Waals surface area contributed by atoms with E-state index >= 15 is 0 Å². The Balaban J connectivity index is 1.22. The summed E-state index contributed by atoms with van der Waals surface area (Å²) in [6.45, 7) is 3.20. The van der Waals surface area contributed by atoms with Gasteiger partial charge in [-0.15, -0.1) is 0 Å². The van der Waals surface area contributed by atoms with Crippen LogP contribution in [0.5, 0.6) is 0 Å². The molecule has 0 unspecified atom stereocenters. The lowest BCUT2D eigenvalue weighted by atomic mass is 10.0.